The summed E-state index contributed by atoms with van der Waals surface area (Å²) in [4.78, 5) is 14.6. The van der Waals surface area contributed by atoms with E-state index < -0.39 is 0 Å². The van der Waals surface area contributed by atoms with Gasteiger partial charge in [0.1, 0.15) is 5.82 Å². The van der Waals surface area contributed by atoms with Crippen LogP contribution < -0.4 is 21.3 Å². The van der Waals surface area contributed by atoms with Gasteiger partial charge in [0.25, 0.3) is 0 Å². The van der Waals surface area contributed by atoms with Gasteiger partial charge in [0, 0.05) is 28.1 Å². The summed E-state index contributed by atoms with van der Waals surface area (Å²) in [7, 11) is 5.57. The molecule has 1 heterocycles. The van der Waals surface area contributed by atoms with Gasteiger partial charge in [-0.2, -0.15) is 0 Å². The molecule has 0 fully saturated rings. The van der Waals surface area contributed by atoms with Crippen molar-refractivity contribution in [1.29, 1.82) is 0 Å². The smallest absolute Gasteiger partial charge is 0.221 e. The van der Waals surface area contributed by atoms with E-state index >= 15 is 0 Å². The molecular formula is C13H19N5O. The summed E-state index contributed by atoms with van der Waals surface area (Å²) in [5.74, 6) is 0.791. The SMILES string of the molecule is CNc1[nH]c2c(NC)ccc(NC(C)=O)c2c1NC. The first-order chi connectivity index (χ1) is 9.12. The molecule has 1 aromatic heterocycles. The number of rotatable bonds is 4. The lowest BCUT2D eigenvalue weighted by Gasteiger charge is -2.09. The molecule has 1 aromatic carbocycles. The highest BCUT2D eigenvalue weighted by molar-refractivity contribution is 6.14. The average molecular weight is 261 g/mol. The lowest BCUT2D eigenvalue weighted by Crippen LogP contribution is -2.06. The fraction of sp³-hybridized carbons (Fsp3) is 0.308. The Morgan fingerprint density at radius 1 is 1.05 bits per heavy atom. The van der Waals surface area contributed by atoms with E-state index in [1.54, 1.807) is 0 Å². The first-order valence-corrected chi connectivity index (χ1v) is 6.11. The number of H-pyrrole nitrogens is 1. The van der Waals surface area contributed by atoms with E-state index in [0.717, 1.165) is 33.8 Å². The van der Waals surface area contributed by atoms with Crippen LogP contribution in [0.4, 0.5) is 22.9 Å². The van der Waals surface area contributed by atoms with E-state index in [1.165, 1.54) is 6.92 Å². The Morgan fingerprint density at radius 3 is 2.26 bits per heavy atom. The van der Waals surface area contributed by atoms with Crippen molar-refractivity contribution in [2.24, 2.45) is 0 Å². The molecule has 0 atom stereocenters. The number of anilines is 4. The number of aromatic nitrogens is 1. The molecule has 102 valence electrons. The third-order valence-electron chi connectivity index (χ3n) is 3.04. The number of hydrogen-bond donors (Lipinski definition) is 5. The molecule has 0 aliphatic rings. The summed E-state index contributed by atoms with van der Waals surface area (Å²) in [6.07, 6.45) is 0. The molecular weight excluding hydrogens is 242 g/mol. The molecule has 0 saturated heterocycles. The lowest BCUT2D eigenvalue weighted by atomic mass is 10.1. The molecule has 6 heteroatoms. The van der Waals surface area contributed by atoms with Crippen molar-refractivity contribution in [1.82, 2.24) is 4.98 Å². The number of amides is 1. The zero-order valence-electron chi connectivity index (χ0n) is 11.6. The Labute approximate surface area is 112 Å². The molecule has 0 aliphatic carbocycles. The van der Waals surface area contributed by atoms with Crippen LogP contribution in [0.5, 0.6) is 0 Å². The quantitative estimate of drug-likeness (QED) is 0.585. The van der Waals surface area contributed by atoms with E-state index in [0.29, 0.717) is 0 Å². The highest BCUT2D eigenvalue weighted by Crippen LogP contribution is 2.39. The van der Waals surface area contributed by atoms with E-state index in [9.17, 15) is 4.79 Å². The Balaban J connectivity index is 2.77. The maximum absolute atomic E-state index is 11.3. The Hall–Kier alpha value is -2.37. The minimum Gasteiger partial charge on any atom is -0.386 e. The number of fused-ring (bicyclic) bond motifs is 1. The maximum Gasteiger partial charge on any atom is 0.221 e. The third-order valence-corrected chi connectivity index (χ3v) is 3.04. The van der Waals surface area contributed by atoms with Crippen LogP contribution in [0.2, 0.25) is 0 Å². The average Bonchev–Trinajstić information content (AvgIpc) is 2.77. The maximum atomic E-state index is 11.3. The normalized spacial score (nSPS) is 10.3. The van der Waals surface area contributed by atoms with E-state index in [1.807, 2.05) is 33.3 Å². The molecule has 0 bridgehead atoms. The molecule has 0 radical (unpaired) electrons. The van der Waals surface area contributed by atoms with Crippen molar-refractivity contribution in [3.63, 3.8) is 0 Å². The van der Waals surface area contributed by atoms with Crippen molar-refractivity contribution in [3.8, 4) is 0 Å². The van der Waals surface area contributed by atoms with E-state index in [-0.39, 0.29) is 5.91 Å². The highest BCUT2D eigenvalue weighted by atomic mass is 16.1. The van der Waals surface area contributed by atoms with Crippen LogP contribution in [0.25, 0.3) is 10.9 Å². The fourth-order valence-corrected chi connectivity index (χ4v) is 2.24. The molecule has 19 heavy (non-hydrogen) atoms. The van der Waals surface area contributed by atoms with Gasteiger partial charge in [0.15, 0.2) is 0 Å². The molecule has 0 unspecified atom stereocenters. The van der Waals surface area contributed by atoms with Crippen LogP contribution in [-0.2, 0) is 4.79 Å². The molecule has 0 aliphatic heterocycles. The zero-order valence-corrected chi connectivity index (χ0v) is 11.6. The predicted octanol–water partition coefficient (Wildman–Crippen LogP) is 2.25. The number of benzene rings is 1. The van der Waals surface area contributed by atoms with Gasteiger partial charge in [0.2, 0.25) is 5.91 Å². The van der Waals surface area contributed by atoms with Gasteiger partial charge < -0.3 is 26.3 Å². The van der Waals surface area contributed by atoms with Crippen molar-refractivity contribution >= 4 is 39.7 Å². The predicted molar refractivity (Wildman–Crippen MR) is 81.2 cm³/mol. The van der Waals surface area contributed by atoms with E-state index in [2.05, 4.69) is 26.3 Å². The molecule has 6 nitrogen and oxygen atoms in total. The van der Waals surface area contributed by atoms with Crippen molar-refractivity contribution in [2.75, 3.05) is 42.4 Å². The zero-order chi connectivity index (χ0) is 14.0. The third kappa shape index (κ3) is 2.16. The van der Waals surface area contributed by atoms with Crippen molar-refractivity contribution < 1.29 is 4.79 Å². The second kappa shape index (κ2) is 5.09. The topological polar surface area (TPSA) is 81.0 Å². The van der Waals surface area contributed by atoms with Crippen molar-refractivity contribution in [2.45, 2.75) is 6.92 Å². The molecule has 1 amide bonds. The largest absolute Gasteiger partial charge is 0.386 e. The van der Waals surface area contributed by atoms with Gasteiger partial charge in [-0.05, 0) is 12.1 Å². The van der Waals surface area contributed by atoms with Crippen LogP contribution in [0.1, 0.15) is 6.92 Å². The van der Waals surface area contributed by atoms with Gasteiger partial charge in [-0.25, -0.2) is 0 Å². The Morgan fingerprint density at radius 2 is 1.74 bits per heavy atom. The summed E-state index contributed by atoms with van der Waals surface area (Å²) in [6.45, 7) is 1.50. The minimum absolute atomic E-state index is 0.0900. The number of carbonyl (C=O) groups is 1. The summed E-state index contributed by atoms with van der Waals surface area (Å²) in [6, 6.07) is 3.83. The number of nitrogens with one attached hydrogen (secondary N) is 5. The second-order valence-corrected chi connectivity index (χ2v) is 4.22. The van der Waals surface area contributed by atoms with Crippen LogP contribution in [0.15, 0.2) is 12.1 Å². The van der Waals surface area contributed by atoms with Crippen LogP contribution >= 0.6 is 0 Å². The van der Waals surface area contributed by atoms with Gasteiger partial charge in [0.05, 0.1) is 28.0 Å². The van der Waals surface area contributed by atoms with Crippen LogP contribution in [0.3, 0.4) is 0 Å². The lowest BCUT2D eigenvalue weighted by molar-refractivity contribution is -0.114. The molecule has 2 aromatic rings. The van der Waals surface area contributed by atoms with Crippen LogP contribution in [-0.4, -0.2) is 32.0 Å². The Bertz CT molecular complexity index is 617. The molecule has 0 saturated carbocycles. The molecule has 5 N–H and O–H groups in total. The first-order valence-electron chi connectivity index (χ1n) is 6.11. The highest BCUT2D eigenvalue weighted by Gasteiger charge is 2.16. The monoisotopic (exact) mass is 261 g/mol. The molecule has 0 spiro atoms. The molecule has 2 rings (SSSR count). The number of aromatic amines is 1. The number of carbonyl (C=O) groups excluding carboxylic acids is 1. The van der Waals surface area contributed by atoms with Gasteiger partial charge in [-0.3, -0.25) is 4.79 Å². The fourth-order valence-electron chi connectivity index (χ4n) is 2.24. The summed E-state index contributed by atoms with van der Waals surface area (Å²) < 4.78 is 0. The van der Waals surface area contributed by atoms with Gasteiger partial charge in [-0.15, -0.1) is 0 Å². The van der Waals surface area contributed by atoms with E-state index in [4.69, 9.17) is 0 Å². The minimum atomic E-state index is -0.0900. The van der Waals surface area contributed by atoms with Gasteiger partial charge >= 0.3 is 0 Å². The standard InChI is InChI=1S/C13H19N5O/c1-7(19)17-8-5-6-9(14-2)11-10(8)12(15-3)13(16-4)18-11/h5-6,14-16,18H,1-4H3,(H,17,19). The van der Waals surface area contributed by atoms with Gasteiger partial charge in [-0.1, -0.05) is 0 Å². The summed E-state index contributed by atoms with van der Waals surface area (Å²) >= 11 is 0. The Kier molecular flexibility index (Phi) is 3.50. The first kappa shape index (κ1) is 13.1. The summed E-state index contributed by atoms with van der Waals surface area (Å²) in [5, 5.41) is 13.2. The number of hydrogen-bond acceptors (Lipinski definition) is 4. The second-order valence-electron chi connectivity index (χ2n) is 4.22. The van der Waals surface area contributed by atoms with Crippen LogP contribution in [0, 0.1) is 0 Å². The summed E-state index contributed by atoms with van der Waals surface area (Å²) in [5.41, 5.74) is 3.63. The van der Waals surface area contributed by atoms with Crippen molar-refractivity contribution in [3.05, 3.63) is 12.1 Å².